The second kappa shape index (κ2) is 8.71. The molecule has 0 fully saturated rings. The molecule has 0 spiro atoms. The highest BCUT2D eigenvalue weighted by Crippen LogP contribution is 2.27. The smallest absolute Gasteiger partial charge is 0.293 e. The van der Waals surface area contributed by atoms with Gasteiger partial charge in [0.05, 0.1) is 5.92 Å². The maximum Gasteiger partial charge on any atom is 0.450 e. The van der Waals surface area contributed by atoms with Gasteiger partial charge in [-0.05, 0) is 6.42 Å². The summed E-state index contributed by atoms with van der Waals surface area (Å²) in [6, 6.07) is 7.70. The Labute approximate surface area is 128 Å². The van der Waals surface area contributed by atoms with Gasteiger partial charge in [-0.15, -0.1) is 0 Å². The predicted molar refractivity (Wildman–Crippen MR) is 78.7 cm³/mol. The van der Waals surface area contributed by atoms with E-state index in [2.05, 4.69) is 0 Å². The second-order valence-corrected chi connectivity index (χ2v) is 5.35. The summed E-state index contributed by atoms with van der Waals surface area (Å²) in [5.41, 5.74) is 0.152. The molecule has 0 radical (unpaired) electrons. The van der Waals surface area contributed by atoms with Crippen molar-refractivity contribution in [3.8, 4) is 0 Å². The Morgan fingerprint density at radius 1 is 1.00 bits per heavy atom. The number of hydrogen-bond acceptors (Lipinski definition) is 2. The lowest BCUT2D eigenvalue weighted by Crippen LogP contribution is -2.35. The van der Waals surface area contributed by atoms with Crippen molar-refractivity contribution in [3.63, 3.8) is 0 Å². The lowest BCUT2D eigenvalue weighted by atomic mass is 9.88. The number of Topliss-reactive ketones (excluding diaryl/α,β-unsaturated/α-hetero) is 2. The van der Waals surface area contributed by atoms with E-state index in [1.54, 1.807) is 18.2 Å². The molecule has 1 atom stereocenters. The van der Waals surface area contributed by atoms with Gasteiger partial charge in [0.2, 0.25) is 5.78 Å². The summed E-state index contributed by atoms with van der Waals surface area (Å²) in [5.74, 6) is -4.29. The molecule has 0 bridgehead atoms. The van der Waals surface area contributed by atoms with E-state index in [1.165, 1.54) is 12.1 Å². The van der Waals surface area contributed by atoms with Crippen LogP contribution in [0.4, 0.5) is 13.2 Å². The summed E-state index contributed by atoms with van der Waals surface area (Å²) in [5, 5.41) is 0. The summed E-state index contributed by atoms with van der Waals surface area (Å²) >= 11 is 0. The van der Waals surface area contributed by atoms with Crippen molar-refractivity contribution in [1.82, 2.24) is 0 Å². The number of ketones is 2. The first-order valence-electron chi connectivity index (χ1n) is 7.58. The van der Waals surface area contributed by atoms with Crippen LogP contribution in [0, 0.1) is 5.92 Å². The van der Waals surface area contributed by atoms with Crippen molar-refractivity contribution in [2.24, 2.45) is 5.92 Å². The molecule has 2 nitrogen and oxygen atoms in total. The van der Waals surface area contributed by atoms with Gasteiger partial charge in [-0.3, -0.25) is 9.59 Å². The lowest BCUT2D eigenvalue weighted by molar-refractivity contribution is -0.174. The fourth-order valence-corrected chi connectivity index (χ4v) is 2.33. The average molecular weight is 314 g/mol. The fourth-order valence-electron chi connectivity index (χ4n) is 2.33. The van der Waals surface area contributed by atoms with Crippen molar-refractivity contribution in [2.75, 3.05) is 0 Å². The predicted octanol–water partition coefficient (Wildman–Crippen LogP) is 4.98. The van der Waals surface area contributed by atoms with E-state index in [0.717, 1.165) is 25.7 Å². The molecular weight excluding hydrogens is 293 g/mol. The number of carbonyl (C=O) groups is 2. The minimum Gasteiger partial charge on any atom is -0.293 e. The van der Waals surface area contributed by atoms with Crippen LogP contribution >= 0.6 is 0 Å². The second-order valence-electron chi connectivity index (χ2n) is 5.35. The number of halogens is 3. The topological polar surface area (TPSA) is 34.1 Å². The first-order chi connectivity index (χ1) is 10.4. The van der Waals surface area contributed by atoms with Gasteiger partial charge in [0, 0.05) is 5.56 Å². The molecule has 0 aliphatic heterocycles. The van der Waals surface area contributed by atoms with Crippen molar-refractivity contribution in [3.05, 3.63) is 35.9 Å². The molecule has 1 rings (SSSR count). The number of alkyl halides is 3. The molecule has 0 N–H and O–H groups in total. The Kier molecular flexibility index (Phi) is 7.28. The number of hydrogen-bond donors (Lipinski definition) is 0. The van der Waals surface area contributed by atoms with Gasteiger partial charge >= 0.3 is 6.18 Å². The third-order valence-electron chi connectivity index (χ3n) is 3.57. The first kappa shape index (κ1) is 18.4. The highest BCUT2D eigenvalue weighted by molar-refractivity contribution is 6.12. The molecule has 0 aromatic heterocycles. The number of rotatable bonds is 9. The van der Waals surface area contributed by atoms with Crippen LogP contribution in [-0.2, 0) is 4.79 Å². The summed E-state index contributed by atoms with van der Waals surface area (Å²) in [6.45, 7) is 2.04. The zero-order chi connectivity index (χ0) is 16.6. The molecule has 1 aromatic carbocycles. The highest BCUT2D eigenvalue weighted by Gasteiger charge is 2.45. The van der Waals surface area contributed by atoms with Crippen LogP contribution in [0.5, 0.6) is 0 Å². The van der Waals surface area contributed by atoms with Gasteiger partial charge in [0.15, 0.2) is 5.78 Å². The highest BCUT2D eigenvalue weighted by atomic mass is 19.4. The van der Waals surface area contributed by atoms with Gasteiger partial charge < -0.3 is 0 Å². The van der Waals surface area contributed by atoms with Crippen LogP contribution in [0.2, 0.25) is 0 Å². The van der Waals surface area contributed by atoms with E-state index in [-0.39, 0.29) is 12.0 Å². The molecule has 1 aromatic rings. The van der Waals surface area contributed by atoms with Crippen LogP contribution in [0.1, 0.15) is 55.8 Å². The Hall–Kier alpha value is -1.65. The van der Waals surface area contributed by atoms with E-state index in [1.807, 2.05) is 6.92 Å². The van der Waals surface area contributed by atoms with Crippen molar-refractivity contribution in [1.29, 1.82) is 0 Å². The maximum atomic E-state index is 12.7. The number of unbranched alkanes of at least 4 members (excludes halogenated alkanes) is 4. The molecule has 0 saturated carbocycles. The van der Waals surface area contributed by atoms with Gasteiger partial charge in [-0.2, -0.15) is 13.2 Å². The molecule has 0 amide bonds. The van der Waals surface area contributed by atoms with Gasteiger partial charge in [0.25, 0.3) is 0 Å². The number of carbonyl (C=O) groups excluding carboxylic acids is 2. The van der Waals surface area contributed by atoms with Crippen LogP contribution in [0.25, 0.3) is 0 Å². The van der Waals surface area contributed by atoms with Crippen molar-refractivity contribution < 1.29 is 22.8 Å². The minimum absolute atomic E-state index is 0.0458. The van der Waals surface area contributed by atoms with Crippen molar-refractivity contribution in [2.45, 2.75) is 51.6 Å². The van der Waals surface area contributed by atoms with Gasteiger partial charge in [0.1, 0.15) is 0 Å². The van der Waals surface area contributed by atoms with E-state index < -0.39 is 23.7 Å². The summed E-state index contributed by atoms with van der Waals surface area (Å²) in [4.78, 5) is 23.8. The zero-order valence-corrected chi connectivity index (χ0v) is 12.7. The third-order valence-corrected chi connectivity index (χ3v) is 3.57. The van der Waals surface area contributed by atoms with Crippen LogP contribution in [-0.4, -0.2) is 17.7 Å². The standard InChI is InChI=1S/C17H21F3O2/c1-2-3-4-5-9-12-14(16(22)17(18,19)20)15(21)13-10-7-6-8-11-13/h6-8,10-11,14H,2-5,9,12H2,1H3. The average Bonchev–Trinajstić information content (AvgIpc) is 2.49. The van der Waals surface area contributed by atoms with Gasteiger partial charge in [-0.1, -0.05) is 69.4 Å². The molecule has 1 unspecified atom stereocenters. The lowest BCUT2D eigenvalue weighted by Gasteiger charge is -2.16. The molecule has 122 valence electrons. The first-order valence-corrected chi connectivity index (χ1v) is 7.58. The van der Waals surface area contributed by atoms with E-state index >= 15 is 0 Å². The molecule has 22 heavy (non-hydrogen) atoms. The Morgan fingerprint density at radius 3 is 2.14 bits per heavy atom. The monoisotopic (exact) mass is 314 g/mol. The fraction of sp³-hybridized carbons (Fsp3) is 0.529. The van der Waals surface area contributed by atoms with E-state index in [4.69, 9.17) is 0 Å². The van der Waals surface area contributed by atoms with Crippen LogP contribution in [0.3, 0.4) is 0 Å². The molecular formula is C17H21F3O2. The zero-order valence-electron chi connectivity index (χ0n) is 12.7. The molecule has 0 heterocycles. The molecule has 0 aliphatic rings. The third kappa shape index (κ3) is 5.62. The van der Waals surface area contributed by atoms with Gasteiger partial charge in [-0.25, -0.2) is 0 Å². The largest absolute Gasteiger partial charge is 0.450 e. The Balaban J connectivity index is 2.78. The minimum atomic E-state index is -4.97. The normalized spacial score (nSPS) is 12.9. The number of benzene rings is 1. The van der Waals surface area contributed by atoms with E-state index in [9.17, 15) is 22.8 Å². The quantitative estimate of drug-likeness (QED) is 0.366. The van der Waals surface area contributed by atoms with Crippen LogP contribution < -0.4 is 0 Å². The Bertz CT molecular complexity index is 480. The maximum absolute atomic E-state index is 12.7. The molecule has 5 heteroatoms. The van der Waals surface area contributed by atoms with E-state index in [0.29, 0.717) is 6.42 Å². The van der Waals surface area contributed by atoms with Crippen molar-refractivity contribution >= 4 is 11.6 Å². The molecule has 0 aliphatic carbocycles. The summed E-state index contributed by atoms with van der Waals surface area (Å²) < 4.78 is 38.1. The summed E-state index contributed by atoms with van der Waals surface area (Å²) in [7, 11) is 0. The summed E-state index contributed by atoms with van der Waals surface area (Å²) in [6.07, 6.45) is -0.905. The SMILES string of the molecule is CCCCCCCC(C(=O)c1ccccc1)C(=O)C(F)(F)F. The Morgan fingerprint density at radius 2 is 1.59 bits per heavy atom. The molecule has 0 saturated heterocycles. The van der Waals surface area contributed by atoms with Crippen LogP contribution in [0.15, 0.2) is 30.3 Å².